The molecule has 2 aromatic carbocycles. The Labute approximate surface area is 189 Å². The standard InChI is InChI=1S/C26H31N5O/c1-29-11-5-8-24(29)15-26(32)31-13-12-30(18-23-16-27-19-28-23)25-10-9-21(14-22(25)17-31)20-6-3-2-4-7-20/h2-4,6-7,9-10,14,16,19,24H,5,8,11-13,15,17-18H2,1H3,(H,27,28). The molecule has 2 aliphatic heterocycles. The number of carbonyl (C=O) groups excluding carboxylic acids is 1. The summed E-state index contributed by atoms with van der Waals surface area (Å²) in [4.78, 5) is 27.5. The molecule has 3 heterocycles. The summed E-state index contributed by atoms with van der Waals surface area (Å²) in [7, 11) is 2.14. The van der Waals surface area contributed by atoms with Crippen LogP contribution in [0.5, 0.6) is 0 Å². The maximum Gasteiger partial charge on any atom is 0.224 e. The Morgan fingerprint density at radius 1 is 1.09 bits per heavy atom. The summed E-state index contributed by atoms with van der Waals surface area (Å²) < 4.78 is 0. The van der Waals surface area contributed by atoms with E-state index in [0.717, 1.165) is 38.3 Å². The molecule has 1 amide bonds. The molecule has 0 saturated carbocycles. The van der Waals surface area contributed by atoms with Crippen LogP contribution in [0.1, 0.15) is 30.5 Å². The minimum absolute atomic E-state index is 0.267. The molecule has 0 bridgehead atoms. The molecular weight excluding hydrogens is 398 g/mol. The third-order valence-corrected chi connectivity index (χ3v) is 6.88. The van der Waals surface area contributed by atoms with E-state index in [1.807, 2.05) is 12.3 Å². The number of aromatic nitrogens is 2. The number of nitrogens with one attached hydrogen (secondary N) is 1. The molecule has 1 atom stereocenters. The zero-order chi connectivity index (χ0) is 21.9. The zero-order valence-electron chi connectivity index (χ0n) is 18.7. The highest BCUT2D eigenvalue weighted by molar-refractivity contribution is 5.78. The molecular formula is C26H31N5O. The van der Waals surface area contributed by atoms with Crippen molar-refractivity contribution in [2.75, 3.05) is 31.6 Å². The number of fused-ring (bicyclic) bond motifs is 1. The highest BCUT2D eigenvalue weighted by atomic mass is 16.2. The van der Waals surface area contributed by atoms with Crippen molar-refractivity contribution in [3.05, 3.63) is 72.3 Å². The van der Waals surface area contributed by atoms with Gasteiger partial charge < -0.3 is 19.7 Å². The second-order valence-electron chi connectivity index (χ2n) is 9.00. The Balaban J connectivity index is 1.43. The number of anilines is 1. The quantitative estimate of drug-likeness (QED) is 0.668. The molecule has 1 fully saturated rings. The van der Waals surface area contributed by atoms with Gasteiger partial charge in [-0.1, -0.05) is 36.4 Å². The molecule has 1 unspecified atom stereocenters. The molecule has 6 nitrogen and oxygen atoms in total. The number of imidazole rings is 1. The topological polar surface area (TPSA) is 55.5 Å². The summed E-state index contributed by atoms with van der Waals surface area (Å²) in [5.41, 5.74) is 5.88. The lowest BCUT2D eigenvalue weighted by molar-refractivity contribution is -0.132. The lowest BCUT2D eigenvalue weighted by Gasteiger charge is -2.26. The second-order valence-corrected chi connectivity index (χ2v) is 9.00. The molecule has 2 aliphatic rings. The number of benzene rings is 2. The average molecular weight is 430 g/mol. The first-order chi connectivity index (χ1) is 15.7. The van der Waals surface area contributed by atoms with Crippen molar-refractivity contribution in [3.63, 3.8) is 0 Å². The number of amides is 1. The summed E-state index contributed by atoms with van der Waals surface area (Å²) in [6, 6.07) is 17.5. The van der Waals surface area contributed by atoms with Gasteiger partial charge in [0.1, 0.15) is 0 Å². The number of carbonyl (C=O) groups is 1. The van der Waals surface area contributed by atoms with Crippen LogP contribution in [-0.2, 0) is 17.9 Å². The zero-order valence-corrected chi connectivity index (χ0v) is 18.7. The predicted molar refractivity (Wildman–Crippen MR) is 127 cm³/mol. The molecule has 0 spiro atoms. The summed E-state index contributed by atoms with van der Waals surface area (Å²) in [6.45, 7) is 4.05. The van der Waals surface area contributed by atoms with Gasteiger partial charge in [0.05, 0.1) is 18.6 Å². The maximum atomic E-state index is 13.3. The Hall–Kier alpha value is -3.12. The summed E-state index contributed by atoms with van der Waals surface area (Å²) in [6.07, 6.45) is 6.53. The predicted octanol–water partition coefficient (Wildman–Crippen LogP) is 3.91. The molecule has 1 aromatic heterocycles. The largest absolute Gasteiger partial charge is 0.364 e. The minimum Gasteiger partial charge on any atom is -0.364 e. The maximum absolute atomic E-state index is 13.3. The molecule has 1 saturated heterocycles. The van der Waals surface area contributed by atoms with Gasteiger partial charge in [0.2, 0.25) is 5.91 Å². The first-order valence-corrected chi connectivity index (χ1v) is 11.6. The number of likely N-dealkylation sites (tertiary alicyclic amines) is 1. The number of rotatable bonds is 5. The van der Waals surface area contributed by atoms with Crippen molar-refractivity contribution in [1.82, 2.24) is 19.8 Å². The van der Waals surface area contributed by atoms with Gasteiger partial charge >= 0.3 is 0 Å². The van der Waals surface area contributed by atoms with Crippen LogP contribution in [-0.4, -0.2) is 58.4 Å². The van der Waals surface area contributed by atoms with E-state index in [0.29, 0.717) is 19.0 Å². The smallest absolute Gasteiger partial charge is 0.224 e. The Bertz CT molecular complexity index is 1050. The fourth-order valence-electron chi connectivity index (χ4n) is 5.00. The number of H-pyrrole nitrogens is 1. The highest BCUT2D eigenvalue weighted by Gasteiger charge is 2.28. The van der Waals surface area contributed by atoms with Crippen LogP contribution in [0.4, 0.5) is 5.69 Å². The van der Waals surface area contributed by atoms with E-state index in [1.54, 1.807) is 6.33 Å². The van der Waals surface area contributed by atoms with Gasteiger partial charge in [0, 0.05) is 44.0 Å². The van der Waals surface area contributed by atoms with E-state index in [9.17, 15) is 4.79 Å². The molecule has 0 aliphatic carbocycles. The van der Waals surface area contributed by atoms with Crippen LogP contribution in [0.2, 0.25) is 0 Å². The van der Waals surface area contributed by atoms with Gasteiger partial charge in [0.25, 0.3) is 0 Å². The normalized spacial score (nSPS) is 19.1. The van der Waals surface area contributed by atoms with Crippen LogP contribution >= 0.6 is 0 Å². The first-order valence-electron chi connectivity index (χ1n) is 11.6. The van der Waals surface area contributed by atoms with Crippen molar-refractivity contribution in [3.8, 4) is 11.1 Å². The molecule has 3 aromatic rings. The van der Waals surface area contributed by atoms with Gasteiger partial charge in [0.15, 0.2) is 0 Å². The number of hydrogen-bond acceptors (Lipinski definition) is 4. The number of aromatic amines is 1. The van der Waals surface area contributed by atoms with Crippen molar-refractivity contribution in [1.29, 1.82) is 0 Å². The minimum atomic E-state index is 0.267. The van der Waals surface area contributed by atoms with E-state index in [2.05, 4.69) is 74.2 Å². The van der Waals surface area contributed by atoms with E-state index >= 15 is 0 Å². The van der Waals surface area contributed by atoms with Crippen LogP contribution in [0.15, 0.2) is 61.1 Å². The van der Waals surface area contributed by atoms with Gasteiger partial charge in [-0.05, 0) is 55.3 Å². The average Bonchev–Trinajstić information content (AvgIpc) is 3.43. The molecule has 32 heavy (non-hydrogen) atoms. The highest BCUT2D eigenvalue weighted by Crippen LogP contribution is 2.32. The Kier molecular flexibility index (Phi) is 5.95. The third kappa shape index (κ3) is 4.41. The van der Waals surface area contributed by atoms with Crippen molar-refractivity contribution >= 4 is 11.6 Å². The Morgan fingerprint density at radius 3 is 2.72 bits per heavy atom. The van der Waals surface area contributed by atoms with Crippen LogP contribution in [0, 0.1) is 0 Å². The van der Waals surface area contributed by atoms with Crippen molar-refractivity contribution in [2.45, 2.75) is 38.4 Å². The lowest BCUT2D eigenvalue weighted by Crippen LogP contribution is -2.38. The summed E-state index contributed by atoms with van der Waals surface area (Å²) in [5.74, 6) is 0.267. The van der Waals surface area contributed by atoms with Gasteiger partial charge in [-0.2, -0.15) is 0 Å². The molecule has 6 heteroatoms. The monoisotopic (exact) mass is 429 g/mol. The molecule has 0 radical (unpaired) electrons. The van der Waals surface area contributed by atoms with E-state index in [-0.39, 0.29) is 5.91 Å². The summed E-state index contributed by atoms with van der Waals surface area (Å²) in [5, 5.41) is 0. The van der Waals surface area contributed by atoms with Gasteiger partial charge in [-0.3, -0.25) is 4.79 Å². The van der Waals surface area contributed by atoms with E-state index in [4.69, 9.17) is 0 Å². The Morgan fingerprint density at radius 2 is 1.97 bits per heavy atom. The third-order valence-electron chi connectivity index (χ3n) is 6.88. The van der Waals surface area contributed by atoms with Crippen LogP contribution < -0.4 is 4.90 Å². The first kappa shape index (κ1) is 20.8. The molecule has 1 N–H and O–H groups in total. The fourth-order valence-corrected chi connectivity index (χ4v) is 5.00. The van der Waals surface area contributed by atoms with Crippen LogP contribution in [0.3, 0.4) is 0 Å². The summed E-state index contributed by atoms with van der Waals surface area (Å²) >= 11 is 0. The fraction of sp³-hybridized carbons (Fsp3) is 0.385. The second kappa shape index (κ2) is 9.17. The number of hydrogen-bond donors (Lipinski definition) is 1. The van der Waals surface area contributed by atoms with E-state index in [1.165, 1.54) is 28.8 Å². The number of nitrogens with zero attached hydrogens (tertiary/aromatic N) is 4. The van der Waals surface area contributed by atoms with Crippen LogP contribution in [0.25, 0.3) is 11.1 Å². The lowest BCUT2D eigenvalue weighted by atomic mass is 10.0. The molecule has 5 rings (SSSR count). The molecule has 166 valence electrons. The SMILES string of the molecule is CN1CCCC1CC(=O)N1CCN(Cc2cnc[nH]2)c2ccc(-c3ccccc3)cc2C1. The van der Waals surface area contributed by atoms with E-state index < -0.39 is 0 Å². The van der Waals surface area contributed by atoms with Crippen molar-refractivity contribution < 1.29 is 4.79 Å². The van der Waals surface area contributed by atoms with Gasteiger partial charge in [-0.25, -0.2) is 4.98 Å². The van der Waals surface area contributed by atoms with Gasteiger partial charge in [-0.15, -0.1) is 0 Å². The van der Waals surface area contributed by atoms with Crippen molar-refractivity contribution in [2.24, 2.45) is 0 Å².